The van der Waals surface area contributed by atoms with E-state index in [-0.39, 0.29) is 17.5 Å². The third-order valence-corrected chi connectivity index (χ3v) is 5.32. The van der Waals surface area contributed by atoms with Gasteiger partial charge in [0.2, 0.25) is 0 Å². The number of amides is 1. The quantitative estimate of drug-likeness (QED) is 0.590. The first-order valence-corrected chi connectivity index (χ1v) is 9.55. The van der Waals surface area contributed by atoms with Gasteiger partial charge in [-0.2, -0.15) is 0 Å². The molecule has 3 heterocycles. The Morgan fingerprint density at radius 3 is 3.07 bits per heavy atom. The summed E-state index contributed by atoms with van der Waals surface area (Å²) < 4.78 is 14.3. The summed E-state index contributed by atoms with van der Waals surface area (Å²) in [7, 11) is 0. The fraction of sp³-hybridized carbons (Fsp3) is 0.263. The van der Waals surface area contributed by atoms with Crippen LogP contribution in [0.5, 0.6) is 0 Å². The average Bonchev–Trinajstić information content (AvgIpc) is 3.04. The smallest absolute Gasteiger partial charge is 0.255 e. The Morgan fingerprint density at radius 1 is 1.44 bits per heavy atom. The van der Waals surface area contributed by atoms with E-state index in [1.165, 1.54) is 18.2 Å². The zero-order valence-corrected chi connectivity index (χ0v) is 16.1. The van der Waals surface area contributed by atoms with E-state index >= 15 is 0 Å². The van der Waals surface area contributed by atoms with Crippen molar-refractivity contribution in [3.63, 3.8) is 0 Å². The van der Waals surface area contributed by atoms with Gasteiger partial charge in [-0.1, -0.05) is 6.07 Å². The molecule has 8 heteroatoms. The third-order valence-electron chi connectivity index (χ3n) is 4.74. The normalized spacial score (nSPS) is 17.3. The maximum Gasteiger partial charge on any atom is 0.255 e. The molecule has 0 aliphatic carbocycles. The minimum Gasteiger partial charge on any atom is -0.368 e. The molecule has 0 unspecified atom stereocenters. The molecule has 0 radical (unpaired) electrons. The molecule has 2 aromatic heterocycles. The van der Waals surface area contributed by atoms with Crippen LogP contribution in [0, 0.1) is 5.82 Å². The summed E-state index contributed by atoms with van der Waals surface area (Å²) in [6.45, 7) is 1.62. The largest absolute Gasteiger partial charge is 0.368 e. The number of fused-ring (bicyclic) bond motifs is 1. The number of aromatic nitrogens is 2. The van der Waals surface area contributed by atoms with Crippen LogP contribution in [0.4, 0.5) is 15.8 Å². The lowest BCUT2D eigenvalue weighted by Crippen LogP contribution is -2.43. The Balaban J connectivity index is 1.73. The summed E-state index contributed by atoms with van der Waals surface area (Å²) in [6.07, 6.45) is 5.45. The van der Waals surface area contributed by atoms with Crippen LogP contribution in [-0.2, 0) is 0 Å². The molecule has 27 heavy (non-hydrogen) atoms. The first kappa shape index (κ1) is 17.9. The number of piperidine rings is 1. The minimum absolute atomic E-state index is 0.109. The molecule has 0 spiro atoms. The lowest BCUT2D eigenvalue weighted by Gasteiger charge is -2.33. The Kier molecular flexibility index (Phi) is 4.84. The zero-order chi connectivity index (χ0) is 19.0. The first-order chi connectivity index (χ1) is 13.0. The SMILES string of the molecule is N[C@@H]1CCCN(c2c(Br)cnc3[nH]cc(NC(=O)c4cccc(F)c4)c23)C1. The number of H-pyrrole nitrogens is 1. The van der Waals surface area contributed by atoms with Gasteiger partial charge in [0, 0.05) is 37.1 Å². The van der Waals surface area contributed by atoms with Crippen LogP contribution >= 0.6 is 15.9 Å². The van der Waals surface area contributed by atoms with Crippen molar-refractivity contribution in [1.82, 2.24) is 9.97 Å². The number of hydrogen-bond donors (Lipinski definition) is 3. The van der Waals surface area contributed by atoms with Crippen molar-refractivity contribution >= 4 is 44.2 Å². The van der Waals surface area contributed by atoms with Gasteiger partial charge in [-0.25, -0.2) is 9.37 Å². The Bertz CT molecular complexity index is 1000. The highest BCUT2D eigenvalue weighted by Crippen LogP contribution is 2.38. The number of nitrogens with two attached hydrogens (primary N) is 1. The van der Waals surface area contributed by atoms with Gasteiger partial charge >= 0.3 is 0 Å². The van der Waals surface area contributed by atoms with Gasteiger partial charge in [0.15, 0.2) is 0 Å². The van der Waals surface area contributed by atoms with Gasteiger partial charge < -0.3 is 20.9 Å². The number of benzene rings is 1. The highest BCUT2D eigenvalue weighted by atomic mass is 79.9. The lowest BCUT2D eigenvalue weighted by atomic mass is 10.1. The van der Waals surface area contributed by atoms with Crippen LogP contribution in [0.25, 0.3) is 11.0 Å². The molecule has 4 N–H and O–H groups in total. The van der Waals surface area contributed by atoms with Crippen molar-refractivity contribution in [3.8, 4) is 0 Å². The Morgan fingerprint density at radius 2 is 2.30 bits per heavy atom. The van der Waals surface area contributed by atoms with Crippen LogP contribution in [0.1, 0.15) is 23.2 Å². The molecule has 1 aliphatic rings. The second-order valence-electron chi connectivity index (χ2n) is 6.69. The van der Waals surface area contributed by atoms with Crippen molar-refractivity contribution in [3.05, 3.63) is 52.5 Å². The predicted molar refractivity (Wildman–Crippen MR) is 108 cm³/mol. The van der Waals surface area contributed by atoms with Gasteiger partial charge in [0.1, 0.15) is 11.5 Å². The summed E-state index contributed by atoms with van der Waals surface area (Å²) in [5.41, 5.74) is 8.63. The lowest BCUT2D eigenvalue weighted by molar-refractivity contribution is 0.102. The van der Waals surface area contributed by atoms with Crippen LogP contribution in [0.3, 0.4) is 0 Å². The third kappa shape index (κ3) is 3.54. The van der Waals surface area contributed by atoms with Crippen LogP contribution in [0.2, 0.25) is 0 Å². The van der Waals surface area contributed by atoms with Crippen LogP contribution in [0.15, 0.2) is 41.1 Å². The van der Waals surface area contributed by atoms with E-state index in [1.54, 1.807) is 18.5 Å². The van der Waals surface area contributed by atoms with Gasteiger partial charge in [0.25, 0.3) is 5.91 Å². The average molecular weight is 432 g/mol. The molecule has 1 aromatic carbocycles. The molecule has 1 aliphatic heterocycles. The standard InChI is InChI=1S/C19H19BrFN5O/c20-14-8-23-18-16(17(14)26-6-2-5-13(22)10-26)15(9-24-18)25-19(27)11-3-1-4-12(21)7-11/h1,3-4,7-9,13H,2,5-6,10,22H2,(H,23,24)(H,25,27)/t13-/m1/s1. The van der Waals surface area contributed by atoms with E-state index in [0.29, 0.717) is 11.3 Å². The summed E-state index contributed by atoms with van der Waals surface area (Å²) in [5, 5.41) is 3.68. The van der Waals surface area contributed by atoms with Crippen LogP contribution < -0.4 is 16.0 Å². The Labute approximate surface area is 164 Å². The van der Waals surface area contributed by atoms with E-state index < -0.39 is 5.82 Å². The molecule has 4 rings (SSSR count). The number of anilines is 2. The second-order valence-corrected chi connectivity index (χ2v) is 7.55. The number of carbonyl (C=O) groups is 1. The molecule has 140 valence electrons. The van der Waals surface area contributed by atoms with Crippen molar-refractivity contribution in [2.24, 2.45) is 5.73 Å². The number of aromatic amines is 1. The van der Waals surface area contributed by atoms with Crippen molar-refractivity contribution in [2.45, 2.75) is 18.9 Å². The highest BCUT2D eigenvalue weighted by Gasteiger charge is 2.24. The van der Waals surface area contributed by atoms with Gasteiger partial charge in [0.05, 0.1) is 21.2 Å². The monoisotopic (exact) mass is 431 g/mol. The van der Waals surface area contributed by atoms with Crippen LogP contribution in [-0.4, -0.2) is 35.0 Å². The highest BCUT2D eigenvalue weighted by molar-refractivity contribution is 9.10. The second kappa shape index (κ2) is 7.28. The molecular formula is C19H19BrFN5O. The van der Waals surface area contributed by atoms with E-state index in [4.69, 9.17) is 5.73 Å². The number of carbonyl (C=O) groups excluding carboxylic acids is 1. The van der Waals surface area contributed by atoms with E-state index in [0.717, 1.165) is 41.5 Å². The number of nitrogens with one attached hydrogen (secondary N) is 2. The molecule has 1 fully saturated rings. The van der Waals surface area contributed by atoms with Gasteiger partial charge in [-0.15, -0.1) is 0 Å². The maximum absolute atomic E-state index is 13.4. The zero-order valence-electron chi connectivity index (χ0n) is 14.5. The number of hydrogen-bond acceptors (Lipinski definition) is 4. The van der Waals surface area contributed by atoms with Gasteiger partial charge in [-0.3, -0.25) is 4.79 Å². The summed E-state index contributed by atoms with van der Waals surface area (Å²) >= 11 is 3.59. The molecule has 6 nitrogen and oxygen atoms in total. The number of rotatable bonds is 3. The van der Waals surface area contributed by atoms with Gasteiger partial charge in [-0.05, 0) is 47.0 Å². The summed E-state index contributed by atoms with van der Waals surface area (Å²) in [6, 6.07) is 5.71. The number of halogens is 2. The van der Waals surface area contributed by atoms with Crippen molar-refractivity contribution in [1.29, 1.82) is 0 Å². The first-order valence-electron chi connectivity index (χ1n) is 8.76. The maximum atomic E-state index is 13.4. The summed E-state index contributed by atoms with van der Waals surface area (Å²) in [4.78, 5) is 22.3. The molecular weight excluding hydrogens is 413 g/mol. The van der Waals surface area contributed by atoms with Crippen molar-refractivity contribution < 1.29 is 9.18 Å². The number of pyridine rings is 1. The molecule has 1 saturated heterocycles. The fourth-order valence-electron chi connectivity index (χ4n) is 3.50. The number of nitrogens with zero attached hydrogens (tertiary/aromatic N) is 2. The molecule has 0 saturated carbocycles. The van der Waals surface area contributed by atoms with E-state index in [9.17, 15) is 9.18 Å². The fourth-order valence-corrected chi connectivity index (χ4v) is 4.05. The topological polar surface area (TPSA) is 87.0 Å². The molecule has 0 bridgehead atoms. The molecule has 1 amide bonds. The Hall–Kier alpha value is -2.45. The predicted octanol–water partition coefficient (Wildman–Crippen LogP) is 3.64. The summed E-state index contributed by atoms with van der Waals surface area (Å²) in [5.74, 6) is -0.828. The van der Waals surface area contributed by atoms with Crippen molar-refractivity contribution in [2.75, 3.05) is 23.3 Å². The molecule has 3 aromatic rings. The molecule has 1 atom stereocenters. The van der Waals surface area contributed by atoms with E-state index in [2.05, 4.69) is 36.1 Å². The van der Waals surface area contributed by atoms with E-state index in [1.807, 2.05) is 0 Å². The minimum atomic E-state index is -0.450.